The van der Waals surface area contributed by atoms with E-state index in [4.69, 9.17) is 10.5 Å². The first-order valence-electron chi connectivity index (χ1n) is 4.77. The van der Waals surface area contributed by atoms with Gasteiger partial charge in [-0.25, -0.2) is 4.79 Å². The molecule has 0 bridgehead atoms. The molecule has 5 nitrogen and oxygen atoms in total. The van der Waals surface area contributed by atoms with Gasteiger partial charge in [-0.05, 0) is 19.9 Å². The molecule has 1 aromatic heterocycles. The van der Waals surface area contributed by atoms with E-state index in [0.29, 0.717) is 18.0 Å². The van der Waals surface area contributed by atoms with Crippen molar-refractivity contribution in [1.29, 1.82) is 0 Å². The molecule has 5 heteroatoms. The number of hydrogen-bond donors (Lipinski definition) is 2. The predicted molar refractivity (Wildman–Crippen MR) is 58.4 cm³/mol. The van der Waals surface area contributed by atoms with Gasteiger partial charge in [0.1, 0.15) is 6.04 Å². The fraction of sp³-hybridized carbons (Fsp3) is 0.400. The van der Waals surface area contributed by atoms with Crippen molar-refractivity contribution in [3.63, 3.8) is 0 Å². The molecule has 0 amide bonds. The number of pyridine rings is 1. The van der Waals surface area contributed by atoms with Crippen LogP contribution >= 0.6 is 0 Å². The molecule has 0 spiro atoms. The first-order valence-corrected chi connectivity index (χ1v) is 4.77. The van der Waals surface area contributed by atoms with E-state index in [1.165, 1.54) is 0 Å². The number of aromatic nitrogens is 1. The third-order valence-corrected chi connectivity index (χ3v) is 1.78. The summed E-state index contributed by atoms with van der Waals surface area (Å²) in [6.07, 6.45) is 3.15. The summed E-state index contributed by atoms with van der Waals surface area (Å²) in [5, 5.41) is 2.95. The second kappa shape index (κ2) is 5.19. The first-order chi connectivity index (χ1) is 7.13. The number of esters is 1. The van der Waals surface area contributed by atoms with Gasteiger partial charge < -0.3 is 15.8 Å². The van der Waals surface area contributed by atoms with Crippen LogP contribution in [0.2, 0.25) is 0 Å². The summed E-state index contributed by atoms with van der Waals surface area (Å²) in [6, 6.07) is 1.30. The minimum atomic E-state index is -0.409. The maximum Gasteiger partial charge on any atom is 0.328 e. The second-order valence-electron chi connectivity index (χ2n) is 3.13. The van der Waals surface area contributed by atoms with Crippen molar-refractivity contribution in [3.8, 4) is 0 Å². The largest absolute Gasteiger partial charge is 0.464 e. The minimum Gasteiger partial charge on any atom is -0.464 e. The molecule has 1 unspecified atom stereocenters. The normalized spacial score (nSPS) is 11.9. The molecule has 1 aromatic rings. The van der Waals surface area contributed by atoms with Crippen molar-refractivity contribution in [2.75, 3.05) is 17.7 Å². The van der Waals surface area contributed by atoms with Crippen LogP contribution in [-0.2, 0) is 9.53 Å². The molecule has 0 aliphatic carbocycles. The van der Waals surface area contributed by atoms with Gasteiger partial charge in [-0.3, -0.25) is 4.98 Å². The summed E-state index contributed by atoms with van der Waals surface area (Å²) in [5.41, 5.74) is 6.81. The maximum absolute atomic E-state index is 11.3. The molecule has 0 saturated carbocycles. The molecule has 1 atom stereocenters. The standard InChI is InChI=1S/C10H15N3O2/c1-3-15-10(14)7(2)13-9-4-8(11)5-12-6-9/h4-7,13H,3,11H2,1-2H3. The van der Waals surface area contributed by atoms with Gasteiger partial charge in [-0.15, -0.1) is 0 Å². The molecule has 15 heavy (non-hydrogen) atoms. The lowest BCUT2D eigenvalue weighted by molar-refractivity contribution is -0.143. The van der Waals surface area contributed by atoms with Crippen molar-refractivity contribution in [2.24, 2.45) is 0 Å². The van der Waals surface area contributed by atoms with E-state index in [1.807, 2.05) is 0 Å². The van der Waals surface area contributed by atoms with Crippen molar-refractivity contribution in [2.45, 2.75) is 19.9 Å². The van der Waals surface area contributed by atoms with Crippen LogP contribution in [0, 0.1) is 0 Å². The van der Waals surface area contributed by atoms with Crippen LogP contribution in [0.25, 0.3) is 0 Å². The Morgan fingerprint density at radius 3 is 3.00 bits per heavy atom. The minimum absolute atomic E-state index is 0.292. The van der Waals surface area contributed by atoms with Crippen LogP contribution < -0.4 is 11.1 Å². The Hall–Kier alpha value is -1.78. The number of nitrogens with zero attached hydrogens (tertiary/aromatic N) is 1. The van der Waals surface area contributed by atoms with E-state index >= 15 is 0 Å². The van der Waals surface area contributed by atoms with Gasteiger partial charge in [0.15, 0.2) is 0 Å². The van der Waals surface area contributed by atoms with Gasteiger partial charge in [0, 0.05) is 6.20 Å². The number of carbonyl (C=O) groups excluding carboxylic acids is 1. The Morgan fingerprint density at radius 1 is 1.67 bits per heavy atom. The quantitative estimate of drug-likeness (QED) is 0.724. The molecule has 0 aromatic carbocycles. The molecular formula is C10H15N3O2. The number of anilines is 2. The van der Waals surface area contributed by atoms with E-state index in [2.05, 4.69) is 10.3 Å². The number of ether oxygens (including phenoxy) is 1. The Kier molecular flexibility index (Phi) is 3.91. The summed E-state index contributed by atoms with van der Waals surface area (Å²) in [5.74, 6) is -0.292. The summed E-state index contributed by atoms with van der Waals surface area (Å²) >= 11 is 0. The maximum atomic E-state index is 11.3. The van der Waals surface area contributed by atoms with Crippen LogP contribution in [0.15, 0.2) is 18.5 Å². The van der Waals surface area contributed by atoms with Gasteiger partial charge in [0.2, 0.25) is 0 Å². The smallest absolute Gasteiger partial charge is 0.328 e. The van der Waals surface area contributed by atoms with E-state index in [1.54, 1.807) is 32.3 Å². The second-order valence-corrected chi connectivity index (χ2v) is 3.13. The lowest BCUT2D eigenvalue weighted by Crippen LogP contribution is -2.28. The summed E-state index contributed by atoms with van der Waals surface area (Å²) in [7, 11) is 0. The summed E-state index contributed by atoms with van der Waals surface area (Å²) < 4.78 is 4.85. The monoisotopic (exact) mass is 209 g/mol. The number of nitrogen functional groups attached to an aromatic ring is 1. The van der Waals surface area contributed by atoms with Gasteiger partial charge in [-0.1, -0.05) is 0 Å². The van der Waals surface area contributed by atoms with Gasteiger partial charge in [0.25, 0.3) is 0 Å². The highest BCUT2D eigenvalue weighted by Gasteiger charge is 2.13. The fourth-order valence-corrected chi connectivity index (χ4v) is 1.11. The number of carbonyl (C=O) groups is 1. The van der Waals surface area contributed by atoms with Crippen LogP contribution in [0.3, 0.4) is 0 Å². The Labute approximate surface area is 88.6 Å². The van der Waals surface area contributed by atoms with Gasteiger partial charge in [-0.2, -0.15) is 0 Å². The summed E-state index contributed by atoms with van der Waals surface area (Å²) in [4.78, 5) is 15.2. The highest BCUT2D eigenvalue weighted by molar-refractivity contribution is 5.78. The molecule has 1 heterocycles. The van der Waals surface area contributed by atoms with Gasteiger partial charge in [0.05, 0.1) is 24.2 Å². The van der Waals surface area contributed by atoms with Crippen LogP contribution in [0.4, 0.5) is 11.4 Å². The zero-order valence-corrected chi connectivity index (χ0v) is 8.86. The SMILES string of the molecule is CCOC(=O)C(C)Nc1cncc(N)c1. The lowest BCUT2D eigenvalue weighted by Gasteiger charge is -2.13. The first kappa shape index (κ1) is 11.3. The average molecular weight is 209 g/mol. The van der Waals surface area contributed by atoms with Crippen LogP contribution in [0.5, 0.6) is 0 Å². The zero-order chi connectivity index (χ0) is 11.3. The van der Waals surface area contributed by atoms with Crippen molar-refractivity contribution in [1.82, 2.24) is 4.98 Å². The third kappa shape index (κ3) is 3.46. The molecule has 0 saturated heterocycles. The molecule has 3 N–H and O–H groups in total. The highest BCUT2D eigenvalue weighted by atomic mass is 16.5. The van der Waals surface area contributed by atoms with Crippen molar-refractivity contribution in [3.05, 3.63) is 18.5 Å². The fourth-order valence-electron chi connectivity index (χ4n) is 1.11. The summed E-state index contributed by atoms with van der Waals surface area (Å²) in [6.45, 7) is 3.87. The molecule has 82 valence electrons. The van der Waals surface area contributed by atoms with E-state index in [0.717, 1.165) is 0 Å². The average Bonchev–Trinajstić information content (AvgIpc) is 2.18. The lowest BCUT2D eigenvalue weighted by atomic mass is 10.3. The number of nitrogens with two attached hydrogens (primary N) is 1. The zero-order valence-electron chi connectivity index (χ0n) is 8.86. The van der Waals surface area contributed by atoms with Crippen LogP contribution in [-0.4, -0.2) is 23.6 Å². The highest BCUT2D eigenvalue weighted by Crippen LogP contribution is 2.10. The molecule has 1 rings (SSSR count). The van der Waals surface area contributed by atoms with Crippen molar-refractivity contribution >= 4 is 17.3 Å². The number of nitrogens with one attached hydrogen (secondary N) is 1. The Morgan fingerprint density at radius 2 is 2.40 bits per heavy atom. The molecule has 0 radical (unpaired) electrons. The van der Waals surface area contributed by atoms with Crippen LogP contribution in [0.1, 0.15) is 13.8 Å². The predicted octanol–water partition coefficient (Wildman–Crippen LogP) is 1.03. The van der Waals surface area contributed by atoms with Crippen molar-refractivity contribution < 1.29 is 9.53 Å². The van der Waals surface area contributed by atoms with E-state index in [-0.39, 0.29) is 5.97 Å². The molecule has 0 aliphatic rings. The Bertz CT molecular complexity index is 341. The number of hydrogen-bond acceptors (Lipinski definition) is 5. The van der Waals surface area contributed by atoms with E-state index < -0.39 is 6.04 Å². The molecule has 0 fully saturated rings. The molecule has 0 aliphatic heterocycles. The number of rotatable bonds is 4. The van der Waals surface area contributed by atoms with Gasteiger partial charge >= 0.3 is 5.97 Å². The molecular weight excluding hydrogens is 194 g/mol. The third-order valence-electron chi connectivity index (χ3n) is 1.78. The Balaban J connectivity index is 2.58. The van der Waals surface area contributed by atoms with E-state index in [9.17, 15) is 4.79 Å². The topological polar surface area (TPSA) is 77.2 Å².